The van der Waals surface area contributed by atoms with Crippen LogP contribution in [-0.4, -0.2) is 33.5 Å². The van der Waals surface area contributed by atoms with Crippen LogP contribution in [0.4, 0.5) is 10.5 Å². The largest absolute Gasteiger partial charge is 0.380 e. The molecule has 4 rings (SSSR count). The molecule has 0 saturated carbocycles. The number of fused-ring (bicyclic) bond motifs is 1. The summed E-state index contributed by atoms with van der Waals surface area (Å²) in [6.45, 7) is 3.95. The van der Waals surface area contributed by atoms with Gasteiger partial charge in [0.15, 0.2) is 0 Å². The second kappa shape index (κ2) is 6.93. The Labute approximate surface area is 166 Å². The molecule has 1 aliphatic rings. The van der Waals surface area contributed by atoms with Gasteiger partial charge in [0.2, 0.25) is 0 Å². The summed E-state index contributed by atoms with van der Waals surface area (Å²) >= 11 is 0. The summed E-state index contributed by atoms with van der Waals surface area (Å²) in [5.74, 6) is -0.919. The van der Waals surface area contributed by atoms with Crippen LogP contribution in [0.5, 0.6) is 0 Å². The van der Waals surface area contributed by atoms with Gasteiger partial charge in [-0.1, -0.05) is 24.3 Å². The van der Waals surface area contributed by atoms with Crippen LogP contribution in [0.15, 0.2) is 42.7 Å². The summed E-state index contributed by atoms with van der Waals surface area (Å²) < 4.78 is 1.69. The lowest BCUT2D eigenvalue weighted by atomic mass is 10.0. The van der Waals surface area contributed by atoms with E-state index in [2.05, 4.69) is 21.0 Å². The van der Waals surface area contributed by atoms with Crippen molar-refractivity contribution in [2.45, 2.75) is 25.9 Å². The monoisotopic (exact) mass is 392 g/mol. The molecule has 9 nitrogen and oxygen atoms in total. The van der Waals surface area contributed by atoms with Crippen LogP contribution < -0.4 is 21.7 Å². The zero-order valence-electron chi connectivity index (χ0n) is 15.9. The molecule has 1 fully saturated rings. The fourth-order valence-electron chi connectivity index (χ4n) is 3.36. The van der Waals surface area contributed by atoms with E-state index in [9.17, 15) is 14.4 Å². The van der Waals surface area contributed by atoms with Crippen LogP contribution in [0.3, 0.4) is 0 Å². The Hall–Kier alpha value is -3.88. The highest BCUT2D eigenvalue weighted by Gasteiger charge is 2.30. The van der Waals surface area contributed by atoms with Crippen molar-refractivity contribution in [1.82, 2.24) is 20.2 Å². The number of nitrogens with one attached hydrogen (secondary N) is 3. The molecule has 0 radical (unpaired) electrons. The number of nitrogens with two attached hydrogens (primary N) is 1. The molecule has 0 bridgehead atoms. The average Bonchev–Trinajstić information content (AvgIpc) is 3.24. The number of imide groups is 1. The lowest BCUT2D eigenvalue weighted by Crippen LogP contribution is -2.22. The maximum Gasteiger partial charge on any atom is 0.322 e. The number of urea groups is 1. The van der Waals surface area contributed by atoms with E-state index in [0.29, 0.717) is 16.8 Å². The van der Waals surface area contributed by atoms with Crippen LogP contribution in [0.25, 0.3) is 16.6 Å². The van der Waals surface area contributed by atoms with E-state index in [1.54, 1.807) is 16.6 Å². The summed E-state index contributed by atoms with van der Waals surface area (Å²) in [7, 11) is 0. The first-order chi connectivity index (χ1) is 13.8. The van der Waals surface area contributed by atoms with Gasteiger partial charge in [-0.15, -0.1) is 0 Å². The minimum atomic E-state index is -0.689. The Bertz CT molecular complexity index is 1130. The highest BCUT2D eigenvalue weighted by atomic mass is 16.2. The molecule has 1 aliphatic heterocycles. The fraction of sp³-hybridized carbons (Fsp3) is 0.200. The van der Waals surface area contributed by atoms with Gasteiger partial charge in [-0.3, -0.25) is 14.9 Å². The summed E-state index contributed by atoms with van der Waals surface area (Å²) in [4.78, 5) is 34.9. The average molecular weight is 392 g/mol. The molecule has 29 heavy (non-hydrogen) atoms. The summed E-state index contributed by atoms with van der Waals surface area (Å²) in [6, 6.07) is 8.16. The van der Waals surface area contributed by atoms with Crippen LogP contribution in [-0.2, 0) is 4.79 Å². The van der Waals surface area contributed by atoms with Gasteiger partial charge in [0.1, 0.15) is 6.04 Å². The highest BCUT2D eigenvalue weighted by Crippen LogP contribution is 2.30. The molecule has 3 aromatic rings. The number of amides is 4. The molecule has 0 aliphatic carbocycles. The molecule has 1 saturated heterocycles. The lowest BCUT2D eigenvalue weighted by Gasteiger charge is -2.14. The molecule has 1 atom stereocenters. The number of carbonyl (C=O) groups excluding carboxylic acids is 3. The van der Waals surface area contributed by atoms with E-state index in [-0.39, 0.29) is 11.9 Å². The standard InChI is InChI=1S/C20H20N6O3/c1-10(2)23-17-14(18(21)27)8-22-26-9-13(7-15(17)26)11-3-5-12(6-4-11)16-19(28)25-20(29)24-16/h3-10,16,23H,1-2H3,(H2,21,27)(H2,24,25,28,29). The second-order valence-corrected chi connectivity index (χ2v) is 7.17. The van der Waals surface area contributed by atoms with Crippen LogP contribution in [0, 0.1) is 0 Å². The van der Waals surface area contributed by atoms with Gasteiger partial charge in [0.25, 0.3) is 11.8 Å². The third kappa shape index (κ3) is 3.38. The predicted molar refractivity (Wildman–Crippen MR) is 107 cm³/mol. The van der Waals surface area contributed by atoms with E-state index in [4.69, 9.17) is 5.73 Å². The Morgan fingerprint density at radius 1 is 1.21 bits per heavy atom. The molecule has 0 spiro atoms. The van der Waals surface area contributed by atoms with Gasteiger partial charge < -0.3 is 16.4 Å². The number of carbonyl (C=O) groups is 3. The molecule has 3 heterocycles. The Balaban J connectivity index is 1.72. The Morgan fingerprint density at radius 2 is 1.93 bits per heavy atom. The predicted octanol–water partition coefficient (Wildman–Crippen LogP) is 1.80. The van der Waals surface area contributed by atoms with Crippen molar-refractivity contribution >= 4 is 29.0 Å². The second-order valence-electron chi connectivity index (χ2n) is 7.17. The molecule has 2 aromatic heterocycles. The van der Waals surface area contributed by atoms with Crippen molar-refractivity contribution in [2.24, 2.45) is 5.73 Å². The van der Waals surface area contributed by atoms with Crippen LogP contribution >= 0.6 is 0 Å². The number of aromatic nitrogens is 2. The number of primary amides is 1. The lowest BCUT2D eigenvalue weighted by molar-refractivity contribution is -0.120. The van der Waals surface area contributed by atoms with E-state index >= 15 is 0 Å². The summed E-state index contributed by atoms with van der Waals surface area (Å²) in [5, 5.41) is 12.4. The van der Waals surface area contributed by atoms with E-state index in [0.717, 1.165) is 16.6 Å². The van der Waals surface area contributed by atoms with Crippen molar-refractivity contribution < 1.29 is 14.4 Å². The topological polar surface area (TPSA) is 131 Å². The van der Waals surface area contributed by atoms with Gasteiger partial charge in [-0.25, -0.2) is 9.31 Å². The zero-order chi connectivity index (χ0) is 20.7. The maximum atomic E-state index is 11.8. The van der Waals surface area contributed by atoms with Gasteiger partial charge in [-0.05, 0) is 31.0 Å². The molecular formula is C20H20N6O3. The van der Waals surface area contributed by atoms with Crippen molar-refractivity contribution in [3.8, 4) is 11.1 Å². The van der Waals surface area contributed by atoms with Crippen molar-refractivity contribution in [1.29, 1.82) is 0 Å². The molecular weight excluding hydrogens is 372 g/mol. The van der Waals surface area contributed by atoms with E-state index < -0.39 is 18.0 Å². The van der Waals surface area contributed by atoms with E-state index in [1.165, 1.54) is 6.20 Å². The van der Waals surface area contributed by atoms with Crippen molar-refractivity contribution in [3.63, 3.8) is 0 Å². The Morgan fingerprint density at radius 3 is 2.52 bits per heavy atom. The zero-order valence-corrected chi connectivity index (χ0v) is 15.9. The number of nitrogens with zero attached hydrogens (tertiary/aromatic N) is 2. The minimum absolute atomic E-state index is 0.102. The number of hydrogen-bond donors (Lipinski definition) is 4. The third-order valence-corrected chi connectivity index (χ3v) is 4.69. The summed E-state index contributed by atoms with van der Waals surface area (Å²) in [5.41, 5.74) is 9.68. The first-order valence-corrected chi connectivity index (χ1v) is 9.13. The molecule has 1 aromatic carbocycles. The third-order valence-electron chi connectivity index (χ3n) is 4.69. The first kappa shape index (κ1) is 18.5. The highest BCUT2D eigenvalue weighted by molar-refractivity contribution is 6.04. The van der Waals surface area contributed by atoms with Crippen molar-refractivity contribution in [3.05, 3.63) is 53.9 Å². The van der Waals surface area contributed by atoms with Gasteiger partial charge in [0.05, 0.1) is 23.0 Å². The van der Waals surface area contributed by atoms with Crippen molar-refractivity contribution in [2.75, 3.05) is 5.32 Å². The smallest absolute Gasteiger partial charge is 0.322 e. The van der Waals surface area contributed by atoms with Crippen LogP contribution in [0.2, 0.25) is 0 Å². The Kier molecular flexibility index (Phi) is 4.42. The number of benzene rings is 1. The van der Waals surface area contributed by atoms with Gasteiger partial charge in [-0.2, -0.15) is 5.10 Å². The molecule has 148 valence electrons. The van der Waals surface area contributed by atoms with Gasteiger partial charge >= 0.3 is 6.03 Å². The first-order valence-electron chi connectivity index (χ1n) is 9.13. The van der Waals surface area contributed by atoms with Crippen LogP contribution in [0.1, 0.15) is 35.8 Å². The number of hydrogen-bond acceptors (Lipinski definition) is 5. The molecule has 4 amide bonds. The quantitative estimate of drug-likeness (QED) is 0.492. The molecule has 9 heteroatoms. The number of rotatable bonds is 5. The summed E-state index contributed by atoms with van der Waals surface area (Å²) in [6.07, 6.45) is 3.30. The fourth-order valence-corrected chi connectivity index (χ4v) is 3.36. The van der Waals surface area contributed by atoms with Gasteiger partial charge in [0, 0.05) is 17.8 Å². The molecule has 1 unspecified atom stereocenters. The SMILES string of the molecule is CC(C)Nc1c(C(N)=O)cnn2cc(-c3ccc(C4NC(=O)NC4=O)cc3)cc12. The minimum Gasteiger partial charge on any atom is -0.380 e. The number of anilines is 1. The van der Waals surface area contributed by atoms with E-state index in [1.807, 2.05) is 38.2 Å². The normalized spacial score (nSPS) is 16.2. The molecule has 5 N–H and O–H groups in total. The maximum absolute atomic E-state index is 11.8.